The molecule has 180 valence electrons. The van der Waals surface area contributed by atoms with E-state index in [9.17, 15) is 14.0 Å². The monoisotopic (exact) mass is 480 g/mol. The highest BCUT2D eigenvalue weighted by Crippen LogP contribution is 2.26. The van der Waals surface area contributed by atoms with Crippen LogP contribution in [0.15, 0.2) is 55.1 Å². The molecule has 4 aromatic rings. The molecule has 1 aromatic carbocycles. The maximum absolute atomic E-state index is 13.9. The van der Waals surface area contributed by atoms with E-state index in [0.717, 1.165) is 0 Å². The first kappa shape index (κ1) is 23.6. The van der Waals surface area contributed by atoms with Crippen LogP contribution in [-0.2, 0) is 9.47 Å². The molecule has 3 aromatic heterocycles. The minimum absolute atomic E-state index is 0.00524. The zero-order valence-corrected chi connectivity index (χ0v) is 19.1. The fourth-order valence-electron chi connectivity index (χ4n) is 3.32. The van der Waals surface area contributed by atoms with E-state index in [0.29, 0.717) is 28.4 Å². The SMILES string of the molecule is COCN(C(=O)c1cn2c(-c3ccc(NC(=O)OC)nc3)cnc2cn1)c1ccc(F)c(OC)c1. The molecule has 0 atom stereocenters. The summed E-state index contributed by atoms with van der Waals surface area (Å²) in [6.07, 6.45) is 5.55. The molecule has 0 bridgehead atoms. The summed E-state index contributed by atoms with van der Waals surface area (Å²) in [7, 11) is 4.04. The van der Waals surface area contributed by atoms with Gasteiger partial charge in [-0.1, -0.05) is 0 Å². The molecule has 2 amide bonds. The Balaban J connectivity index is 1.67. The van der Waals surface area contributed by atoms with Crippen LogP contribution >= 0.6 is 0 Å². The number of benzene rings is 1. The van der Waals surface area contributed by atoms with E-state index in [2.05, 4.69) is 25.0 Å². The number of carbonyl (C=O) groups is 2. The topological polar surface area (TPSA) is 120 Å². The molecule has 0 radical (unpaired) electrons. The summed E-state index contributed by atoms with van der Waals surface area (Å²) in [6.45, 7) is -0.0945. The van der Waals surface area contributed by atoms with Crippen molar-refractivity contribution >= 4 is 29.2 Å². The van der Waals surface area contributed by atoms with Crippen LogP contribution in [0.1, 0.15) is 10.5 Å². The Morgan fingerprint density at radius 3 is 2.57 bits per heavy atom. The fraction of sp³-hybridized carbons (Fsp3) is 0.174. The molecule has 0 saturated heterocycles. The van der Waals surface area contributed by atoms with Gasteiger partial charge in [-0.2, -0.15) is 0 Å². The molecule has 11 nitrogen and oxygen atoms in total. The second-order valence-corrected chi connectivity index (χ2v) is 7.16. The molecule has 4 rings (SSSR count). The highest BCUT2D eigenvalue weighted by molar-refractivity contribution is 6.04. The highest BCUT2D eigenvalue weighted by Gasteiger charge is 2.22. The van der Waals surface area contributed by atoms with Crippen LogP contribution in [0.4, 0.5) is 20.7 Å². The molecule has 0 aliphatic rings. The van der Waals surface area contributed by atoms with Crippen LogP contribution < -0.4 is 15.0 Å². The zero-order chi connectivity index (χ0) is 24.9. The lowest BCUT2D eigenvalue weighted by Crippen LogP contribution is -2.33. The van der Waals surface area contributed by atoms with E-state index in [1.807, 2.05) is 0 Å². The standard InChI is InChI=1S/C23H21FN6O5/c1-33-13-30(15-5-6-16(24)19(8-15)34-2)22(31)17-12-29-18(10-27-21(29)11-25-17)14-4-7-20(26-9-14)28-23(32)35-3/h4-12H,13H2,1-3H3,(H,26,28,32). The average molecular weight is 480 g/mol. The Bertz CT molecular complexity index is 1370. The van der Waals surface area contributed by atoms with E-state index < -0.39 is 17.8 Å². The van der Waals surface area contributed by atoms with Crippen molar-refractivity contribution in [3.63, 3.8) is 0 Å². The average Bonchev–Trinajstić information content (AvgIpc) is 3.31. The van der Waals surface area contributed by atoms with Crippen LogP contribution in [0.3, 0.4) is 0 Å². The molecule has 0 aliphatic carbocycles. The van der Waals surface area contributed by atoms with Gasteiger partial charge in [0.1, 0.15) is 18.2 Å². The molecule has 1 N–H and O–H groups in total. The molecule has 3 heterocycles. The number of fused-ring (bicyclic) bond motifs is 1. The van der Waals surface area contributed by atoms with Crippen LogP contribution in [0.2, 0.25) is 0 Å². The highest BCUT2D eigenvalue weighted by atomic mass is 19.1. The van der Waals surface area contributed by atoms with E-state index in [4.69, 9.17) is 9.47 Å². The predicted octanol–water partition coefficient (Wildman–Crippen LogP) is 3.37. The normalized spacial score (nSPS) is 10.7. The molecule has 12 heteroatoms. The van der Waals surface area contributed by atoms with Gasteiger partial charge in [0.2, 0.25) is 0 Å². The van der Waals surface area contributed by atoms with Gasteiger partial charge < -0.3 is 14.2 Å². The number of ether oxygens (including phenoxy) is 3. The summed E-state index contributed by atoms with van der Waals surface area (Å²) < 4.78 is 30.4. The second-order valence-electron chi connectivity index (χ2n) is 7.16. The second kappa shape index (κ2) is 10.1. The number of imidazole rings is 1. The van der Waals surface area contributed by atoms with Gasteiger partial charge in [0.05, 0.1) is 38.0 Å². The largest absolute Gasteiger partial charge is 0.494 e. The minimum Gasteiger partial charge on any atom is -0.494 e. The summed E-state index contributed by atoms with van der Waals surface area (Å²) in [6, 6.07) is 7.42. The Morgan fingerprint density at radius 2 is 1.89 bits per heavy atom. The third-order valence-electron chi connectivity index (χ3n) is 5.04. The summed E-state index contributed by atoms with van der Waals surface area (Å²) in [4.78, 5) is 38.8. The first-order valence-electron chi connectivity index (χ1n) is 10.2. The van der Waals surface area contributed by atoms with Crippen molar-refractivity contribution < 1.29 is 28.2 Å². The van der Waals surface area contributed by atoms with Gasteiger partial charge in [-0.25, -0.2) is 24.1 Å². The summed E-state index contributed by atoms with van der Waals surface area (Å²) in [5.41, 5.74) is 2.33. The van der Waals surface area contributed by atoms with Crippen molar-refractivity contribution in [3.8, 4) is 17.0 Å². The maximum Gasteiger partial charge on any atom is 0.412 e. The number of halogens is 1. The van der Waals surface area contributed by atoms with Gasteiger partial charge in [-0.15, -0.1) is 0 Å². The quantitative estimate of drug-likeness (QED) is 0.400. The molecule has 0 aliphatic heterocycles. The van der Waals surface area contributed by atoms with Crippen LogP contribution in [0.5, 0.6) is 5.75 Å². The molecule has 0 unspecified atom stereocenters. The van der Waals surface area contributed by atoms with Gasteiger partial charge in [-0.3, -0.25) is 19.4 Å². The van der Waals surface area contributed by atoms with Gasteiger partial charge in [0.15, 0.2) is 17.2 Å². The summed E-state index contributed by atoms with van der Waals surface area (Å²) >= 11 is 0. The summed E-state index contributed by atoms with van der Waals surface area (Å²) in [5, 5.41) is 2.48. The van der Waals surface area contributed by atoms with Crippen LogP contribution in [0, 0.1) is 5.82 Å². The lowest BCUT2D eigenvalue weighted by molar-refractivity contribution is 0.0931. The van der Waals surface area contributed by atoms with Crippen molar-refractivity contribution in [3.05, 3.63) is 66.6 Å². The van der Waals surface area contributed by atoms with Crippen molar-refractivity contribution in [1.82, 2.24) is 19.4 Å². The van der Waals surface area contributed by atoms with Crippen molar-refractivity contribution in [1.29, 1.82) is 0 Å². The van der Waals surface area contributed by atoms with Crippen molar-refractivity contribution in [2.24, 2.45) is 0 Å². The van der Waals surface area contributed by atoms with Gasteiger partial charge >= 0.3 is 6.09 Å². The fourth-order valence-corrected chi connectivity index (χ4v) is 3.32. The Labute approximate surface area is 199 Å². The van der Waals surface area contributed by atoms with Crippen molar-refractivity contribution in [2.75, 3.05) is 38.3 Å². The molecule has 0 spiro atoms. The maximum atomic E-state index is 13.9. The Hall–Kier alpha value is -4.58. The first-order chi connectivity index (χ1) is 16.9. The number of amides is 2. The number of hydrogen-bond donors (Lipinski definition) is 1. The molecule has 0 fully saturated rings. The Morgan fingerprint density at radius 1 is 1.06 bits per heavy atom. The molecular weight excluding hydrogens is 459 g/mol. The van der Waals surface area contributed by atoms with Gasteiger partial charge in [-0.05, 0) is 24.3 Å². The number of nitrogens with zero attached hydrogens (tertiary/aromatic N) is 5. The number of rotatable bonds is 7. The molecular formula is C23H21FN6O5. The number of carbonyl (C=O) groups excluding carboxylic acids is 2. The first-order valence-corrected chi connectivity index (χ1v) is 10.2. The lowest BCUT2D eigenvalue weighted by Gasteiger charge is -2.22. The molecule has 0 saturated carbocycles. The third kappa shape index (κ3) is 4.87. The zero-order valence-electron chi connectivity index (χ0n) is 19.1. The molecule has 35 heavy (non-hydrogen) atoms. The third-order valence-corrected chi connectivity index (χ3v) is 5.04. The van der Waals surface area contributed by atoms with Crippen molar-refractivity contribution in [2.45, 2.75) is 0 Å². The van der Waals surface area contributed by atoms with Gasteiger partial charge in [0, 0.05) is 31.1 Å². The van der Waals surface area contributed by atoms with Crippen LogP contribution in [0.25, 0.3) is 16.9 Å². The van der Waals surface area contributed by atoms with E-state index >= 15 is 0 Å². The number of aromatic nitrogens is 4. The number of hydrogen-bond acceptors (Lipinski definition) is 8. The summed E-state index contributed by atoms with van der Waals surface area (Å²) in [5.74, 6) is -0.714. The Kier molecular flexibility index (Phi) is 6.83. The minimum atomic E-state index is -0.631. The van der Waals surface area contributed by atoms with E-state index in [1.54, 1.807) is 35.1 Å². The predicted molar refractivity (Wildman–Crippen MR) is 124 cm³/mol. The lowest BCUT2D eigenvalue weighted by atomic mass is 10.2. The number of methoxy groups -OCH3 is 3. The number of pyridine rings is 1. The van der Waals surface area contributed by atoms with E-state index in [-0.39, 0.29) is 18.2 Å². The van der Waals surface area contributed by atoms with E-state index in [1.165, 1.54) is 50.6 Å². The number of anilines is 2. The van der Waals surface area contributed by atoms with Crippen LogP contribution in [-0.4, -0.2) is 59.4 Å². The number of nitrogens with one attached hydrogen (secondary N) is 1. The smallest absolute Gasteiger partial charge is 0.412 e. The van der Waals surface area contributed by atoms with Gasteiger partial charge in [0.25, 0.3) is 5.91 Å².